The molecule has 0 saturated heterocycles. The van der Waals surface area contributed by atoms with Crippen molar-refractivity contribution in [2.75, 3.05) is 6.61 Å². The summed E-state index contributed by atoms with van der Waals surface area (Å²) in [6, 6.07) is 5.99. The van der Waals surface area contributed by atoms with Crippen molar-refractivity contribution < 1.29 is 19.0 Å². The first-order chi connectivity index (χ1) is 8.29. The SMILES string of the molecule is CC(C)(C)CC(COc1ccccc1F)C(=O)O. The predicted molar refractivity (Wildman–Crippen MR) is 67.1 cm³/mol. The third-order valence-electron chi connectivity index (χ3n) is 2.48. The fourth-order valence-corrected chi connectivity index (χ4v) is 1.71. The van der Waals surface area contributed by atoms with Crippen LogP contribution in [0.4, 0.5) is 4.39 Å². The van der Waals surface area contributed by atoms with E-state index in [-0.39, 0.29) is 17.8 Å². The highest BCUT2D eigenvalue weighted by molar-refractivity contribution is 5.70. The van der Waals surface area contributed by atoms with Gasteiger partial charge >= 0.3 is 5.97 Å². The first kappa shape index (κ1) is 14.5. The van der Waals surface area contributed by atoms with E-state index in [1.165, 1.54) is 12.1 Å². The normalized spacial score (nSPS) is 13.1. The van der Waals surface area contributed by atoms with Gasteiger partial charge in [0.25, 0.3) is 0 Å². The maximum absolute atomic E-state index is 13.3. The summed E-state index contributed by atoms with van der Waals surface area (Å²) in [6.07, 6.45) is 0.483. The summed E-state index contributed by atoms with van der Waals surface area (Å²) in [5.41, 5.74) is -0.109. The lowest BCUT2D eigenvalue weighted by atomic mass is 9.85. The number of carbonyl (C=O) groups is 1. The van der Waals surface area contributed by atoms with Crippen LogP contribution in [-0.4, -0.2) is 17.7 Å². The van der Waals surface area contributed by atoms with Gasteiger partial charge in [-0.25, -0.2) is 4.39 Å². The van der Waals surface area contributed by atoms with Crippen molar-refractivity contribution in [3.8, 4) is 5.75 Å². The van der Waals surface area contributed by atoms with Gasteiger partial charge in [0.05, 0.1) is 5.92 Å². The zero-order valence-corrected chi connectivity index (χ0v) is 10.9. The predicted octanol–water partition coefficient (Wildman–Crippen LogP) is 3.34. The van der Waals surface area contributed by atoms with E-state index in [9.17, 15) is 9.18 Å². The number of halogens is 1. The lowest BCUT2D eigenvalue weighted by Crippen LogP contribution is -2.26. The Morgan fingerprint density at radius 1 is 1.39 bits per heavy atom. The van der Waals surface area contributed by atoms with E-state index in [0.29, 0.717) is 6.42 Å². The molecule has 1 N–H and O–H groups in total. The number of benzene rings is 1. The maximum Gasteiger partial charge on any atom is 0.309 e. The minimum atomic E-state index is -0.915. The van der Waals surface area contributed by atoms with Crippen LogP contribution in [0.2, 0.25) is 0 Å². The fourth-order valence-electron chi connectivity index (χ4n) is 1.71. The molecule has 0 aromatic heterocycles. The highest BCUT2D eigenvalue weighted by Crippen LogP contribution is 2.25. The van der Waals surface area contributed by atoms with Crippen molar-refractivity contribution in [1.82, 2.24) is 0 Å². The molecule has 0 saturated carbocycles. The first-order valence-corrected chi connectivity index (χ1v) is 5.90. The third-order valence-corrected chi connectivity index (χ3v) is 2.48. The lowest BCUT2D eigenvalue weighted by Gasteiger charge is -2.23. The number of hydrogen-bond acceptors (Lipinski definition) is 2. The largest absolute Gasteiger partial charge is 0.490 e. The van der Waals surface area contributed by atoms with Gasteiger partial charge in [-0.15, -0.1) is 0 Å². The molecule has 1 unspecified atom stereocenters. The number of aliphatic carboxylic acids is 1. The van der Waals surface area contributed by atoms with E-state index >= 15 is 0 Å². The second-order valence-electron chi connectivity index (χ2n) is 5.54. The van der Waals surface area contributed by atoms with Gasteiger partial charge in [-0.05, 0) is 24.0 Å². The van der Waals surface area contributed by atoms with Crippen molar-refractivity contribution in [2.24, 2.45) is 11.3 Å². The molecule has 1 rings (SSSR count). The lowest BCUT2D eigenvalue weighted by molar-refractivity contribution is -0.143. The highest BCUT2D eigenvalue weighted by Gasteiger charge is 2.25. The van der Waals surface area contributed by atoms with Gasteiger partial charge in [-0.1, -0.05) is 32.9 Å². The number of hydrogen-bond donors (Lipinski definition) is 1. The van der Waals surface area contributed by atoms with Crippen LogP contribution in [0, 0.1) is 17.2 Å². The average molecular weight is 254 g/mol. The topological polar surface area (TPSA) is 46.5 Å². The summed E-state index contributed by atoms with van der Waals surface area (Å²) in [4.78, 5) is 11.1. The molecule has 1 aromatic rings. The van der Waals surface area contributed by atoms with Crippen LogP contribution in [0.1, 0.15) is 27.2 Å². The molecular weight excluding hydrogens is 235 g/mol. The zero-order chi connectivity index (χ0) is 13.8. The van der Waals surface area contributed by atoms with Crippen molar-refractivity contribution in [3.63, 3.8) is 0 Å². The number of ether oxygens (including phenoxy) is 1. The van der Waals surface area contributed by atoms with Gasteiger partial charge in [0.1, 0.15) is 6.61 Å². The van der Waals surface area contributed by atoms with Crippen molar-refractivity contribution in [2.45, 2.75) is 27.2 Å². The number of rotatable bonds is 5. The second-order valence-corrected chi connectivity index (χ2v) is 5.54. The minimum Gasteiger partial charge on any atom is -0.490 e. The summed E-state index contributed by atoms with van der Waals surface area (Å²) >= 11 is 0. The summed E-state index contributed by atoms with van der Waals surface area (Å²) < 4.78 is 18.6. The van der Waals surface area contributed by atoms with Crippen molar-refractivity contribution >= 4 is 5.97 Å². The molecule has 0 fully saturated rings. The average Bonchev–Trinajstić information content (AvgIpc) is 2.24. The third kappa shape index (κ3) is 4.73. The van der Waals surface area contributed by atoms with Crippen LogP contribution in [-0.2, 0) is 4.79 Å². The Hall–Kier alpha value is -1.58. The molecule has 0 radical (unpaired) electrons. The molecule has 18 heavy (non-hydrogen) atoms. The van der Waals surface area contributed by atoms with E-state index in [1.54, 1.807) is 12.1 Å². The van der Waals surface area contributed by atoms with E-state index in [2.05, 4.69) is 0 Å². The van der Waals surface area contributed by atoms with Crippen molar-refractivity contribution in [1.29, 1.82) is 0 Å². The van der Waals surface area contributed by atoms with E-state index in [1.807, 2.05) is 20.8 Å². The highest BCUT2D eigenvalue weighted by atomic mass is 19.1. The molecule has 100 valence electrons. The molecule has 3 nitrogen and oxygen atoms in total. The van der Waals surface area contributed by atoms with Gasteiger partial charge < -0.3 is 9.84 Å². The van der Waals surface area contributed by atoms with Crippen LogP contribution in [0.3, 0.4) is 0 Å². The summed E-state index contributed by atoms with van der Waals surface area (Å²) in [5.74, 6) is -1.93. The summed E-state index contributed by atoms with van der Waals surface area (Å²) in [7, 11) is 0. The van der Waals surface area contributed by atoms with E-state index < -0.39 is 17.7 Å². The van der Waals surface area contributed by atoms with Gasteiger partial charge in [0.15, 0.2) is 11.6 Å². The molecule has 1 atom stereocenters. The first-order valence-electron chi connectivity index (χ1n) is 5.90. The zero-order valence-electron chi connectivity index (χ0n) is 10.9. The Morgan fingerprint density at radius 3 is 2.50 bits per heavy atom. The van der Waals surface area contributed by atoms with Crippen LogP contribution in [0.15, 0.2) is 24.3 Å². The van der Waals surface area contributed by atoms with Crippen LogP contribution >= 0.6 is 0 Å². The van der Waals surface area contributed by atoms with Crippen LogP contribution in [0.25, 0.3) is 0 Å². The quantitative estimate of drug-likeness (QED) is 0.876. The van der Waals surface area contributed by atoms with Gasteiger partial charge in [0, 0.05) is 0 Å². The second kappa shape index (κ2) is 5.85. The molecule has 0 spiro atoms. The van der Waals surface area contributed by atoms with Gasteiger partial charge in [-0.3, -0.25) is 4.79 Å². The standard InChI is InChI=1S/C14H19FO3/c1-14(2,3)8-10(13(16)17)9-18-12-7-5-4-6-11(12)15/h4-7,10H,8-9H2,1-3H3,(H,16,17). The molecule has 4 heteroatoms. The smallest absolute Gasteiger partial charge is 0.309 e. The Bertz CT molecular complexity index is 410. The molecule has 0 aliphatic rings. The number of para-hydroxylation sites is 1. The number of carboxylic acid groups (broad SMARTS) is 1. The van der Waals surface area contributed by atoms with E-state index in [4.69, 9.17) is 9.84 Å². The maximum atomic E-state index is 13.3. The summed E-state index contributed by atoms with van der Waals surface area (Å²) in [6.45, 7) is 5.87. The monoisotopic (exact) mass is 254 g/mol. The molecule has 1 aromatic carbocycles. The fraction of sp³-hybridized carbons (Fsp3) is 0.500. The Labute approximate surface area is 107 Å². The van der Waals surface area contributed by atoms with Crippen LogP contribution < -0.4 is 4.74 Å². The Kier molecular flexibility index (Phi) is 4.70. The van der Waals surface area contributed by atoms with Gasteiger partial charge in [0.2, 0.25) is 0 Å². The van der Waals surface area contributed by atoms with E-state index in [0.717, 1.165) is 0 Å². The molecular formula is C14H19FO3. The van der Waals surface area contributed by atoms with Gasteiger partial charge in [-0.2, -0.15) is 0 Å². The Balaban J connectivity index is 2.64. The Morgan fingerprint density at radius 2 is 2.00 bits per heavy atom. The number of carboxylic acids is 1. The van der Waals surface area contributed by atoms with Crippen LogP contribution in [0.5, 0.6) is 5.75 Å². The summed E-state index contributed by atoms with van der Waals surface area (Å²) in [5, 5.41) is 9.11. The molecule has 0 amide bonds. The molecule has 0 bridgehead atoms. The molecule has 0 heterocycles. The minimum absolute atomic E-state index is 0.0203. The van der Waals surface area contributed by atoms with Crippen molar-refractivity contribution in [3.05, 3.63) is 30.1 Å². The molecule has 0 aliphatic heterocycles. The molecule has 0 aliphatic carbocycles.